The Morgan fingerprint density at radius 2 is 2.20 bits per heavy atom. The average molecular weight is 277 g/mol. The fourth-order valence-electron chi connectivity index (χ4n) is 2.52. The molecule has 0 spiro atoms. The first kappa shape index (κ1) is 14.9. The van der Waals surface area contributed by atoms with Gasteiger partial charge in [-0.3, -0.25) is 4.79 Å². The lowest BCUT2D eigenvalue weighted by Crippen LogP contribution is -2.43. The number of nitrogens with one attached hydrogen (secondary N) is 1. The molecule has 110 valence electrons. The molecule has 4 nitrogen and oxygen atoms in total. The quantitative estimate of drug-likeness (QED) is 0.810. The molecule has 1 heterocycles. The van der Waals surface area contributed by atoms with Gasteiger partial charge in [0.15, 0.2) is 0 Å². The summed E-state index contributed by atoms with van der Waals surface area (Å²) in [6.45, 7) is 4.85. The van der Waals surface area contributed by atoms with Crippen LogP contribution in [-0.2, 0) is 16.0 Å². The van der Waals surface area contributed by atoms with Crippen LogP contribution < -0.4 is 10.1 Å². The van der Waals surface area contributed by atoms with Crippen LogP contribution >= 0.6 is 0 Å². The Morgan fingerprint density at radius 1 is 1.45 bits per heavy atom. The second-order valence-electron chi connectivity index (χ2n) is 5.67. The summed E-state index contributed by atoms with van der Waals surface area (Å²) < 4.78 is 10.7. The van der Waals surface area contributed by atoms with Gasteiger partial charge in [0.05, 0.1) is 7.11 Å². The van der Waals surface area contributed by atoms with Crippen LogP contribution in [-0.4, -0.2) is 31.8 Å². The number of ether oxygens (including phenoxy) is 2. The van der Waals surface area contributed by atoms with Crippen molar-refractivity contribution in [3.63, 3.8) is 0 Å². The molecule has 20 heavy (non-hydrogen) atoms. The van der Waals surface area contributed by atoms with E-state index in [9.17, 15) is 4.79 Å². The molecule has 2 atom stereocenters. The maximum atomic E-state index is 11.7. The summed E-state index contributed by atoms with van der Waals surface area (Å²) in [5, 5.41) is 3.28. The zero-order valence-corrected chi connectivity index (χ0v) is 12.4. The predicted molar refractivity (Wildman–Crippen MR) is 77.8 cm³/mol. The fraction of sp³-hybridized carbons (Fsp3) is 0.562. The molecule has 0 bridgehead atoms. The number of para-hydroxylation sites is 1. The van der Waals surface area contributed by atoms with Crippen LogP contribution in [0.5, 0.6) is 5.75 Å². The van der Waals surface area contributed by atoms with Crippen LogP contribution in [0.2, 0.25) is 0 Å². The summed E-state index contributed by atoms with van der Waals surface area (Å²) in [6, 6.07) is 7.81. The molecular formula is C16H23NO3. The molecule has 0 saturated carbocycles. The van der Waals surface area contributed by atoms with Crippen molar-refractivity contribution in [2.75, 3.05) is 13.7 Å². The number of benzene rings is 1. The van der Waals surface area contributed by atoms with Gasteiger partial charge in [-0.2, -0.15) is 0 Å². The second kappa shape index (κ2) is 6.75. The van der Waals surface area contributed by atoms with Crippen molar-refractivity contribution in [3.8, 4) is 5.75 Å². The third-order valence-corrected chi connectivity index (χ3v) is 3.50. The highest BCUT2D eigenvalue weighted by Gasteiger charge is 2.25. The normalized spacial score (nSPS) is 18.5. The van der Waals surface area contributed by atoms with Crippen LogP contribution in [0.1, 0.15) is 25.8 Å². The van der Waals surface area contributed by atoms with E-state index >= 15 is 0 Å². The first-order valence-electron chi connectivity index (χ1n) is 7.16. The number of hydrogen-bond donors (Lipinski definition) is 1. The molecule has 1 aromatic carbocycles. The van der Waals surface area contributed by atoms with Gasteiger partial charge in [-0.15, -0.1) is 0 Å². The van der Waals surface area contributed by atoms with E-state index in [1.54, 1.807) is 0 Å². The lowest BCUT2D eigenvalue weighted by Gasteiger charge is -2.20. The van der Waals surface area contributed by atoms with E-state index in [2.05, 4.69) is 25.2 Å². The highest BCUT2D eigenvalue weighted by Crippen LogP contribution is 2.27. The largest absolute Gasteiger partial charge is 0.488 e. The van der Waals surface area contributed by atoms with Gasteiger partial charge in [-0.25, -0.2) is 0 Å². The Balaban J connectivity index is 1.86. The zero-order valence-electron chi connectivity index (χ0n) is 12.4. The van der Waals surface area contributed by atoms with Crippen LogP contribution in [0.15, 0.2) is 24.3 Å². The first-order chi connectivity index (χ1) is 9.60. The predicted octanol–water partition coefficient (Wildman–Crippen LogP) is 2.17. The van der Waals surface area contributed by atoms with Gasteiger partial charge in [0, 0.05) is 13.0 Å². The zero-order chi connectivity index (χ0) is 14.5. The fourth-order valence-corrected chi connectivity index (χ4v) is 2.52. The molecule has 1 N–H and O–H groups in total. The summed E-state index contributed by atoms with van der Waals surface area (Å²) in [4.78, 5) is 11.7. The van der Waals surface area contributed by atoms with Crippen molar-refractivity contribution in [2.45, 2.75) is 38.8 Å². The maximum absolute atomic E-state index is 11.7. The van der Waals surface area contributed by atoms with Crippen molar-refractivity contribution in [3.05, 3.63) is 29.8 Å². The van der Waals surface area contributed by atoms with Gasteiger partial charge in [0.2, 0.25) is 0 Å². The smallest absolute Gasteiger partial charge is 0.322 e. The number of hydrogen-bond acceptors (Lipinski definition) is 4. The van der Waals surface area contributed by atoms with Gasteiger partial charge in [0.1, 0.15) is 17.9 Å². The molecule has 2 rings (SSSR count). The average Bonchev–Trinajstić information content (AvgIpc) is 2.84. The van der Waals surface area contributed by atoms with Crippen molar-refractivity contribution in [1.29, 1.82) is 0 Å². The standard InChI is InChI=1S/C16H23NO3/c1-11(2)8-14(16(18)19-3)17-10-13-9-12-6-4-5-7-15(12)20-13/h4-7,11,13-14,17H,8-10H2,1-3H3. The number of carbonyl (C=O) groups is 1. The van der Waals surface area contributed by atoms with E-state index in [1.807, 2.05) is 18.2 Å². The van der Waals surface area contributed by atoms with Crippen molar-refractivity contribution >= 4 is 5.97 Å². The highest BCUT2D eigenvalue weighted by molar-refractivity contribution is 5.75. The second-order valence-corrected chi connectivity index (χ2v) is 5.67. The molecule has 1 aromatic rings. The minimum absolute atomic E-state index is 0.0896. The highest BCUT2D eigenvalue weighted by atomic mass is 16.5. The Hall–Kier alpha value is -1.55. The van der Waals surface area contributed by atoms with E-state index in [1.165, 1.54) is 12.7 Å². The number of methoxy groups -OCH3 is 1. The van der Waals surface area contributed by atoms with E-state index in [0.717, 1.165) is 18.6 Å². The molecular weight excluding hydrogens is 254 g/mol. The van der Waals surface area contributed by atoms with Gasteiger partial charge in [-0.05, 0) is 24.0 Å². The minimum Gasteiger partial charge on any atom is -0.488 e. The SMILES string of the molecule is COC(=O)C(CC(C)C)NCC1Cc2ccccc2O1. The number of fused-ring (bicyclic) bond motifs is 1. The molecule has 0 aromatic heterocycles. The molecule has 0 radical (unpaired) electrons. The monoisotopic (exact) mass is 277 g/mol. The van der Waals surface area contributed by atoms with Crippen LogP contribution in [0.4, 0.5) is 0 Å². The summed E-state index contributed by atoms with van der Waals surface area (Å²) in [5.74, 6) is 1.19. The molecule has 0 fully saturated rings. The molecule has 2 unspecified atom stereocenters. The first-order valence-corrected chi connectivity index (χ1v) is 7.16. The Kier molecular flexibility index (Phi) is 5.01. The van der Waals surface area contributed by atoms with E-state index in [0.29, 0.717) is 12.5 Å². The molecule has 1 aliphatic rings. The topological polar surface area (TPSA) is 47.6 Å². The third kappa shape index (κ3) is 3.73. The molecule has 0 aliphatic carbocycles. The molecule has 0 amide bonds. The third-order valence-electron chi connectivity index (χ3n) is 3.50. The maximum Gasteiger partial charge on any atom is 0.322 e. The molecule has 4 heteroatoms. The molecule has 1 aliphatic heterocycles. The van der Waals surface area contributed by atoms with E-state index < -0.39 is 0 Å². The Bertz CT molecular complexity index is 434. The van der Waals surface area contributed by atoms with E-state index in [4.69, 9.17) is 9.47 Å². The Morgan fingerprint density at radius 3 is 2.85 bits per heavy atom. The van der Waals surface area contributed by atoms with Gasteiger partial charge < -0.3 is 14.8 Å². The van der Waals surface area contributed by atoms with Crippen molar-refractivity contribution in [2.24, 2.45) is 5.92 Å². The van der Waals surface area contributed by atoms with E-state index in [-0.39, 0.29) is 18.1 Å². The summed E-state index contributed by atoms with van der Waals surface area (Å²) in [5.41, 5.74) is 1.23. The number of esters is 1. The molecule has 0 saturated heterocycles. The van der Waals surface area contributed by atoms with Crippen molar-refractivity contribution < 1.29 is 14.3 Å². The summed E-state index contributed by atoms with van der Waals surface area (Å²) >= 11 is 0. The van der Waals surface area contributed by atoms with Gasteiger partial charge >= 0.3 is 5.97 Å². The lowest BCUT2D eigenvalue weighted by molar-refractivity contribution is -0.143. The van der Waals surface area contributed by atoms with Gasteiger partial charge in [0.25, 0.3) is 0 Å². The summed E-state index contributed by atoms with van der Waals surface area (Å²) in [6.07, 6.45) is 1.75. The van der Waals surface area contributed by atoms with Crippen LogP contribution in [0.25, 0.3) is 0 Å². The minimum atomic E-state index is -0.257. The van der Waals surface area contributed by atoms with Crippen molar-refractivity contribution in [1.82, 2.24) is 5.32 Å². The van der Waals surface area contributed by atoms with Crippen LogP contribution in [0, 0.1) is 5.92 Å². The van der Waals surface area contributed by atoms with Gasteiger partial charge in [-0.1, -0.05) is 32.0 Å². The van der Waals surface area contributed by atoms with Crippen LogP contribution in [0.3, 0.4) is 0 Å². The summed E-state index contributed by atoms with van der Waals surface area (Å²) in [7, 11) is 1.43. The number of rotatable bonds is 6. The lowest BCUT2D eigenvalue weighted by atomic mass is 10.0. The number of carbonyl (C=O) groups excluding carboxylic acids is 1. The Labute approximate surface area is 120 Å².